The van der Waals surface area contributed by atoms with E-state index in [1.165, 1.54) is 17.5 Å². The van der Waals surface area contributed by atoms with E-state index in [1.54, 1.807) is 0 Å². The Morgan fingerprint density at radius 3 is 2.74 bits per heavy atom. The maximum absolute atomic E-state index is 12.8. The van der Waals surface area contributed by atoms with Crippen molar-refractivity contribution < 1.29 is 14.6 Å². The highest BCUT2D eigenvalue weighted by atomic mass is 16.5. The van der Waals surface area contributed by atoms with Gasteiger partial charge in [-0.15, -0.1) is 0 Å². The number of hydrogen-bond donors (Lipinski definition) is 1. The maximum atomic E-state index is 12.8. The average molecular weight is 316 g/mol. The van der Waals surface area contributed by atoms with Crippen LogP contribution in [0, 0.1) is 0 Å². The third-order valence-electron chi connectivity index (χ3n) is 5.41. The number of likely N-dealkylation sites (tertiary alicyclic amines) is 1. The number of β-amino-alcohol motifs (C(OH)–C–C–N with tert-alkyl or cyclic N) is 1. The molecule has 0 aromatic heterocycles. The van der Waals surface area contributed by atoms with E-state index in [1.807, 2.05) is 11.0 Å². The number of amides is 1. The molecule has 4 rings (SSSR count). The first-order chi connectivity index (χ1) is 11.2. The van der Waals surface area contributed by atoms with Crippen molar-refractivity contribution in [2.75, 3.05) is 39.4 Å². The molecule has 2 saturated heterocycles. The van der Waals surface area contributed by atoms with Gasteiger partial charge in [-0.25, -0.2) is 0 Å². The highest BCUT2D eigenvalue weighted by Crippen LogP contribution is 2.25. The van der Waals surface area contributed by atoms with E-state index in [0.717, 1.165) is 31.5 Å². The van der Waals surface area contributed by atoms with Gasteiger partial charge in [0.1, 0.15) is 0 Å². The number of nitrogens with zero attached hydrogens (tertiary/aromatic N) is 2. The van der Waals surface area contributed by atoms with Crippen LogP contribution in [-0.2, 0) is 17.6 Å². The first kappa shape index (κ1) is 15.1. The van der Waals surface area contributed by atoms with Crippen molar-refractivity contribution in [3.8, 4) is 0 Å². The van der Waals surface area contributed by atoms with Crippen molar-refractivity contribution in [3.63, 3.8) is 0 Å². The molecule has 2 heterocycles. The SMILES string of the molecule is O=C(c1ccc2c(c1)CCC2)N1C[C@H](O)[C@@H](N2CCOCC2)C1. The lowest BCUT2D eigenvalue weighted by Crippen LogP contribution is -2.49. The molecule has 2 atom stereocenters. The van der Waals surface area contributed by atoms with Crippen LogP contribution in [-0.4, -0.2) is 72.4 Å². The maximum Gasteiger partial charge on any atom is 0.254 e. The molecule has 2 aliphatic heterocycles. The van der Waals surface area contributed by atoms with E-state index in [-0.39, 0.29) is 11.9 Å². The van der Waals surface area contributed by atoms with Crippen molar-refractivity contribution in [1.82, 2.24) is 9.80 Å². The molecular formula is C18H24N2O3. The van der Waals surface area contributed by atoms with E-state index in [2.05, 4.69) is 17.0 Å². The van der Waals surface area contributed by atoms with Crippen LogP contribution < -0.4 is 0 Å². The normalized spacial score (nSPS) is 28.1. The molecule has 1 N–H and O–H groups in total. The fraction of sp³-hybridized carbons (Fsp3) is 0.611. The molecule has 1 aromatic carbocycles. The van der Waals surface area contributed by atoms with Crippen molar-refractivity contribution in [2.24, 2.45) is 0 Å². The quantitative estimate of drug-likeness (QED) is 0.872. The van der Waals surface area contributed by atoms with Gasteiger partial charge < -0.3 is 14.7 Å². The summed E-state index contributed by atoms with van der Waals surface area (Å²) in [5.74, 6) is 0.0505. The van der Waals surface area contributed by atoms with Gasteiger partial charge in [-0.05, 0) is 42.5 Å². The van der Waals surface area contributed by atoms with Crippen LogP contribution in [0.2, 0.25) is 0 Å². The van der Waals surface area contributed by atoms with Crippen molar-refractivity contribution >= 4 is 5.91 Å². The molecule has 0 spiro atoms. The zero-order valence-corrected chi connectivity index (χ0v) is 13.4. The molecule has 124 valence electrons. The fourth-order valence-electron chi connectivity index (χ4n) is 4.09. The monoisotopic (exact) mass is 316 g/mol. The number of rotatable bonds is 2. The highest BCUT2D eigenvalue weighted by Gasteiger charge is 2.38. The molecule has 0 bridgehead atoms. The third kappa shape index (κ3) is 2.89. The summed E-state index contributed by atoms with van der Waals surface area (Å²) in [6, 6.07) is 6.14. The lowest BCUT2D eigenvalue weighted by atomic mass is 10.1. The van der Waals surface area contributed by atoms with Crippen LogP contribution in [0.25, 0.3) is 0 Å². The number of aryl methyl sites for hydroxylation is 2. The van der Waals surface area contributed by atoms with Crippen LogP contribution in [0.5, 0.6) is 0 Å². The molecule has 0 radical (unpaired) electrons. The van der Waals surface area contributed by atoms with Crippen LogP contribution >= 0.6 is 0 Å². The summed E-state index contributed by atoms with van der Waals surface area (Å²) in [6.45, 7) is 4.13. The van der Waals surface area contributed by atoms with Crippen LogP contribution in [0.1, 0.15) is 27.9 Å². The van der Waals surface area contributed by atoms with E-state index in [0.29, 0.717) is 26.3 Å². The number of fused-ring (bicyclic) bond motifs is 1. The number of ether oxygens (including phenoxy) is 1. The molecule has 5 heteroatoms. The van der Waals surface area contributed by atoms with E-state index in [9.17, 15) is 9.90 Å². The Morgan fingerprint density at radius 1 is 1.13 bits per heavy atom. The summed E-state index contributed by atoms with van der Waals surface area (Å²) < 4.78 is 5.38. The Kier molecular flexibility index (Phi) is 4.09. The van der Waals surface area contributed by atoms with E-state index in [4.69, 9.17) is 4.74 Å². The van der Waals surface area contributed by atoms with Gasteiger partial charge in [-0.1, -0.05) is 6.07 Å². The Morgan fingerprint density at radius 2 is 1.91 bits per heavy atom. The Bertz CT molecular complexity index is 598. The summed E-state index contributed by atoms with van der Waals surface area (Å²) in [4.78, 5) is 16.9. The lowest BCUT2D eigenvalue weighted by Gasteiger charge is -2.33. The van der Waals surface area contributed by atoms with Crippen LogP contribution in [0.3, 0.4) is 0 Å². The number of aliphatic hydroxyl groups excluding tert-OH is 1. The number of hydrogen-bond acceptors (Lipinski definition) is 4. The number of morpholine rings is 1. The predicted molar refractivity (Wildman–Crippen MR) is 86.6 cm³/mol. The number of aliphatic hydroxyl groups is 1. The van der Waals surface area contributed by atoms with Gasteiger partial charge in [0, 0.05) is 31.7 Å². The molecule has 0 unspecified atom stereocenters. The van der Waals surface area contributed by atoms with Gasteiger partial charge in [0.15, 0.2) is 0 Å². The zero-order chi connectivity index (χ0) is 15.8. The minimum atomic E-state index is -0.466. The molecule has 1 amide bonds. The van der Waals surface area contributed by atoms with Gasteiger partial charge in [-0.2, -0.15) is 0 Å². The Hall–Kier alpha value is -1.43. The van der Waals surface area contributed by atoms with Crippen molar-refractivity contribution in [1.29, 1.82) is 0 Å². The average Bonchev–Trinajstić information content (AvgIpc) is 3.20. The summed E-state index contributed by atoms with van der Waals surface area (Å²) in [6.07, 6.45) is 2.93. The second-order valence-electron chi connectivity index (χ2n) is 6.83. The van der Waals surface area contributed by atoms with Gasteiger partial charge >= 0.3 is 0 Å². The first-order valence-electron chi connectivity index (χ1n) is 8.63. The Labute approximate surface area is 136 Å². The van der Waals surface area contributed by atoms with Crippen molar-refractivity contribution in [3.05, 3.63) is 34.9 Å². The topological polar surface area (TPSA) is 53.0 Å². The second kappa shape index (κ2) is 6.23. The molecule has 3 aliphatic rings. The lowest BCUT2D eigenvalue weighted by molar-refractivity contribution is -0.00611. The van der Waals surface area contributed by atoms with E-state index >= 15 is 0 Å². The minimum Gasteiger partial charge on any atom is -0.390 e. The highest BCUT2D eigenvalue weighted by molar-refractivity contribution is 5.94. The van der Waals surface area contributed by atoms with Crippen LogP contribution in [0.4, 0.5) is 0 Å². The Balaban J connectivity index is 1.47. The number of carbonyl (C=O) groups excluding carboxylic acids is 1. The number of carbonyl (C=O) groups is 1. The molecule has 5 nitrogen and oxygen atoms in total. The zero-order valence-electron chi connectivity index (χ0n) is 13.4. The number of benzene rings is 1. The van der Waals surface area contributed by atoms with Gasteiger partial charge in [0.25, 0.3) is 5.91 Å². The molecular weight excluding hydrogens is 292 g/mol. The van der Waals surface area contributed by atoms with Crippen LogP contribution in [0.15, 0.2) is 18.2 Å². The summed E-state index contributed by atoms with van der Waals surface area (Å²) >= 11 is 0. The van der Waals surface area contributed by atoms with Gasteiger partial charge in [-0.3, -0.25) is 9.69 Å². The molecule has 23 heavy (non-hydrogen) atoms. The van der Waals surface area contributed by atoms with Crippen molar-refractivity contribution in [2.45, 2.75) is 31.4 Å². The minimum absolute atomic E-state index is 0.0391. The van der Waals surface area contributed by atoms with E-state index < -0.39 is 6.10 Å². The summed E-state index contributed by atoms with van der Waals surface area (Å²) in [5, 5.41) is 10.4. The largest absolute Gasteiger partial charge is 0.390 e. The molecule has 2 fully saturated rings. The molecule has 1 aliphatic carbocycles. The molecule has 0 saturated carbocycles. The fourth-order valence-corrected chi connectivity index (χ4v) is 4.09. The van der Waals surface area contributed by atoms with Gasteiger partial charge in [0.05, 0.1) is 25.4 Å². The molecule has 1 aromatic rings. The smallest absolute Gasteiger partial charge is 0.254 e. The second-order valence-corrected chi connectivity index (χ2v) is 6.83. The van der Waals surface area contributed by atoms with Gasteiger partial charge in [0.2, 0.25) is 0 Å². The third-order valence-corrected chi connectivity index (χ3v) is 5.41. The summed E-state index contributed by atoms with van der Waals surface area (Å²) in [5.41, 5.74) is 3.47. The summed E-state index contributed by atoms with van der Waals surface area (Å²) in [7, 11) is 0. The predicted octanol–water partition coefficient (Wildman–Crippen LogP) is 0.693. The first-order valence-corrected chi connectivity index (χ1v) is 8.63. The standard InChI is InChI=1S/C18H24N2O3/c21-17-12-20(11-16(17)19-6-8-23-9-7-19)18(22)15-5-4-13-2-1-3-14(13)10-15/h4-5,10,16-17,21H,1-3,6-9,11-12H2/t16-,17-/m0/s1.